The van der Waals surface area contributed by atoms with Crippen LogP contribution in [0.25, 0.3) is 0 Å². The Balaban J connectivity index is 1.86. The van der Waals surface area contributed by atoms with Gasteiger partial charge < -0.3 is 19.5 Å². The Hall–Kier alpha value is -2.58. The van der Waals surface area contributed by atoms with E-state index in [2.05, 4.69) is 5.32 Å². The summed E-state index contributed by atoms with van der Waals surface area (Å²) in [6.45, 7) is 2.00. The summed E-state index contributed by atoms with van der Waals surface area (Å²) in [6, 6.07) is 14.2. The average Bonchev–Trinajstić information content (AvgIpc) is 2.65. The molecule has 2 rings (SSSR count). The number of hydrogen-bond acceptors (Lipinski definition) is 6. The van der Waals surface area contributed by atoms with E-state index in [0.717, 1.165) is 17.6 Å². The molecule has 1 N–H and O–H groups in total. The Kier molecular flexibility index (Phi) is 7.83. The van der Waals surface area contributed by atoms with Gasteiger partial charge in [-0.3, -0.25) is 4.79 Å². The third kappa shape index (κ3) is 7.58. The lowest BCUT2D eigenvalue weighted by Crippen LogP contribution is -2.27. The maximum Gasteiger partial charge on any atom is 0.253 e. The Bertz CT molecular complexity index is 897. The summed E-state index contributed by atoms with van der Waals surface area (Å²) in [4.78, 5) is 12.3. The second-order valence-electron chi connectivity index (χ2n) is 6.30. The number of hydrogen-bond donors (Lipinski definition) is 1. The van der Waals surface area contributed by atoms with Crippen LogP contribution >= 0.6 is 0 Å². The molecule has 1 amide bonds. The molecule has 0 heterocycles. The van der Waals surface area contributed by atoms with Crippen molar-refractivity contribution in [2.24, 2.45) is 0 Å². The van der Waals surface area contributed by atoms with Crippen molar-refractivity contribution >= 4 is 21.4 Å². The van der Waals surface area contributed by atoms with Crippen LogP contribution in [0, 0.1) is 0 Å². The minimum atomic E-state index is -3.09. The molecule has 1 atom stereocenters. The zero-order chi connectivity index (χ0) is 20.6. The van der Waals surface area contributed by atoms with Gasteiger partial charge in [-0.15, -0.1) is 0 Å². The van der Waals surface area contributed by atoms with Crippen LogP contribution in [0.4, 0.5) is 5.69 Å². The van der Waals surface area contributed by atoms with E-state index < -0.39 is 15.9 Å². The Labute approximate surface area is 165 Å². The first-order valence-corrected chi connectivity index (χ1v) is 10.8. The highest BCUT2D eigenvalue weighted by Gasteiger charge is 2.14. The molecule has 152 valence electrons. The lowest BCUT2D eigenvalue weighted by atomic mass is 10.2. The first kappa shape index (κ1) is 21.7. The minimum Gasteiger partial charge on any atom is -0.497 e. The van der Waals surface area contributed by atoms with Crippen molar-refractivity contribution in [3.8, 4) is 11.5 Å². The summed E-state index contributed by atoms with van der Waals surface area (Å²) in [6.07, 6.45) is 0.487. The molecule has 0 aliphatic rings. The van der Waals surface area contributed by atoms with Crippen molar-refractivity contribution in [3.05, 3.63) is 54.1 Å². The van der Waals surface area contributed by atoms with Gasteiger partial charge in [0.1, 0.15) is 24.2 Å². The topological polar surface area (TPSA) is 90.9 Å². The SMILES string of the molecule is COc1cccc(COC(C)C(=O)Nc2cccc(OCCS(C)(=O)=O)c2)c1. The van der Waals surface area contributed by atoms with Crippen molar-refractivity contribution in [3.63, 3.8) is 0 Å². The average molecular weight is 407 g/mol. The summed E-state index contributed by atoms with van der Waals surface area (Å²) < 4.78 is 38.5. The predicted molar refractivity (Wildman–Crippen MR) is 108 cm³/mol. The highest BCUT2D eigenvalue weighted by atomic mass is 32.2. The van der Waals surface area contributed by atoms with Crippen LogP contribution in [0.15, 0.2) is 48.5 Å². The van der Waals surface area contributed by atoms with Crippen LogP contribution in [0.2, 0.25) is 0 Å². The van der Waals surface area contributed by atoms with Crippen LogP contribution in [0.5, 0.6) is 11.5 Å². The van der Waals surface area contributed by atoms with Crippen LogP contribution in [0.3, 0.4) is 0 Å². The van der Waals surface area contributed by atoms with Gasteiger partial charge >= 0.3 is 0 Å². The van der Waals surface area contributed by atoms with Crippen LogP contribution in [0.1, 0.15) is 12.5 Å². The third-order valence-electron chi connectivity index (χ3n) is 3.83. The second-order valence-corrected chi connectivity index (χ2v) is 8.56. The van der Waals surface area contributed by atoms with E-state index >= 15 is 0 Å². The van der Waals surface area contributed by atoms with Crippen molar-refractivity contribution in [1.82, 2.24) is 0 Å². The zero-order valence-electron chi connectivity index (χ0n) is 16.2. The quantitative estimate of drug-likeness (QED) is 0.651. The zero-order valence-corrected chi connectivity index (χ0v) is 17.0. The van der Waals surface area contributed by atoms with Crippen molar-refractivity contribution in [1.29, 1.82) is 0 Å². The number of anilines is 1. The first-order chi connectivity index (χ1) is 13.3. The predicted octanol–water partition coefficient (Wildman–Crippen LogP) is 2.66. The number of rotatable bonds is 10. The fourth-order valence-electron chi connectivity index (χ4n) is 2.28. The standard InChI is InChI=1S/C20H25NO6S/c1-15(27-14-16-6-4-8-18(12-16)25-2)20(22)21-17-7-5-9-19(13-17)26-10-11-28(3,23)24/h4-9,12-13,15H,10-11,14H2,1-3H3,(H,21,22). The van der Waals surface area contributed by atoms with E-state index in [1.165, 1.54) is 0 Å². The molecule has 0 aliphatic carbocycles. The highest BCUT2D eigenvalue weighted by molar-refractivity contribution is 7.90. The molecule has 2 aromatic carbocycles. The molecule has 0 bridgehead atoms. The molecule has 0 saturated carbocycles. The summed E-state index contributed by atoms with van der Waals surface area (Å²) in [5.41, 5.74) is 1.44. The van der Waals surface area contributed by atoms with E-state index in [0.29, 0.717) is 11.4 Å². The highest BCUT2D eigenvalue weighted by Crippen LogP contribution is 2.18. The van der Waals surface area contributed by atoms with Gasteiger partial charge in [-0.2, -0.15) is 0 Å². The smallest absolute Gasteiger partial charge is 0.253 e. The minimum absolute atomic E-state index is 0.0519. The van der Waals surface area contributed by atoms with Crippen LogP contribution < -0.4 is 14.8 Å². The van der Waals surface area contributed by atoms with Crippen LogP contribution in [-0.4, -0.2) is 46.2 Å². The number of methoxy groups -OCH3 is 1. The molecule has 7 nitrogen and oxygen atoms in total. The summed E-state index contributed by atoms with van der Waals surface area (Å²) in [7, 11) is -1.50. The molecule has 0 aromatic heterocycles. The summed E-state index contributed by atoms with van der Waals surface area (Å²) >= 11 is 0. The van der Waals surface area contributed by atoms with E-state index in [1.807, 2.05) is 24.3 Å². The van der Waals surface area contributed by atoms with E-state index in [1.54, 1.807) is 38.3 Å². The fourth-order valence-corrected chi connectivity index (χ4v) is 2.66. The molecule has 0 radical (unpaired) electrons. The number of carbonyl (C=O) groups is 1. The maximum atomic E-state index is 12.3. The Morgan fingerprint density at radius 1 is 1.11 bits per heavy atom. The summed E-state index contributed by atoms with van der Waals surface area (Å²) in [5, 5.41) is 2.76. The van der Waals surface area contributed by atoms with E-state index in [-0.39, 0.29) is 24.9 Å². The first-order valence-electron chi connectivity index (χ1n) is 8.73. The largest absolute Gasteiger partial charge is 0.497 e. The number of carbonyl (C=O) groups excluding carboxylic acids is 1. The second kappa shape index (κ2) is 10.1. The van der Waals surface area contributed by atoms with Crippen molar-refractivity contribution in [2.45, 2.75) is 19.6 Å². The third-order valence-corrected chi connectivity index (χ3v) is 4.74. The number of sulfone groups is 1. The van der Waals surface area contributed by atoms with Gasteiger partial charge in [0.25, 0.3) is 5.91 Å². The van der Waals surface area contributed by atoms with E-state index in [4.69, 9.17) is 14.2 Å². The monoisotopic (exact) mass is 407 g/mol. The molecule has 0 spiro atoms. The van der Waals surface area contributed by atoms with Gasteiger partial charge in [-0.25, -0.2) is 8.42 Å². The van der Waals surface area contributed by atoms with Gasteiger partial charge in [-0.05, 0) is 36.8 Å². The van der Waals surface area contributed by atoms with E-state index in [9.17, 15) is 13.2 Å². The molecule has 8 heteroatoms. The number of ether oxygens (including phenoxy) is 3. The van der Waals surface area contributed by atoms with Gasteiger partial charge in [0.15, 0.2) is 9.84 Å². The number of nitrogens with one attached hydrogen (secondary N) is 1. The fraction of sp³-hybridized carbons (Fsp3) is 0.350. The molecular weight excluding hydrogens is 382 g/mol. The number of amides is 1. The summed E-state index contributed by atoms with van der Waals surface area (Å²) in [5.74, 6) is 0.840. The molecule has 2 aromatic rings. The molecular formula is C20H25NO6S. The molecule has 0 aliphatic heterocycles. The van der Waals surface area contributed by atoms with Gasteiger partial charge in [0, 0.05) is 18.0 Å². The number of benzene rings is 2. The Morgan fingerprint density at radius 3 is 2.54 bits per heavy atom. The van der Waals surface area contributed by atoms with Crippen molar-refractivity contribution < 1.29 is 27.4 Å². The molecule has 0 fully saturated rings. The van der Waals surface area contributed by atoms with Crippen LogP contribution in [-0.2, 0) is 26.0 Å². The normalized spacial score (nSPS) is 12.2. The lowest BCUT2D eigenvalue weighted by Gasteiger charge is -2.14. The van der Waals surface area contributed by atoms with Crippen molar-refractivity contribution in [2.75, 3.05) is 31.0 Å². The van der Waals surface area contributed by atoms with Gasteiger partial charge in [0.05, 0.1) is 19.5 Å². The molecule has 1 unspecified atom stereocenters. The van der Waals surface area contributed by atoms with Gasteiger partial charge in [-0.1, -0.05) is 18.2 Å². The molecule has 0 saturated heterocycles. The molecule has 28 heavy (non-hydrogen) atoms. The van der Waals surface area contributed by atoms with Gasteiger partial charge in [0.2, 0.25) is 0 Å². The maximum absolute atomic E-state index is 12.3. The lowest BCUT2D eigenvalue weighted by molar-refractivity contribution is -0.127. The Morgan fingerprint density at radius 2 is 1.82 bits per heavy atom.